The molecule has 4 nitrogen and oxygen atoms in total. The summed E-state index contributed by atoms with van der Waals surface area (Å²) in [6.45, 7) is 0. The van der Waals surface area contributed by atoms with Gasteiger partial charge in [-0.1, -0.05) is 121 Å². The van der Waals surface area contributed by atoms with Crippen LogP contribution in [0.4, 0.5) is 0 Å². The van der Waals surface area contributed by atoms with Crippen LogP contribution in [0, 0.1) is 0 Å². The third-order valence-electron chi connectivity index (χ3n) is 10.5. The Bertz CT molecular complexity index is 3080. The molecule has 1 aliphatic carbocycles. The van der Waals surface area contributed by atoms with Crippen molar-refractivity contribution in [3.8, 4) is 22.8 Å². The van der Waals surface area contributed by atoms with Gasteiger partial charge in [0, 0.05) is 31.5 Å². The van der Waals surface area contributed by atoms with Crippen LogP contribution in [0.15, 0.2) is 156 Å². The maximum absolute atomic E-state index is 6.32. The highest BCUT2D eigenvalue weighted by Gasteiger charge is 2.31. The van der Waals surface area contributed by atoms with Gasteiger partial charge in [0.15, 0.2) is 11.6 Å². The van der Waals surface area contributed by atoms with Gasteiger partial charge in [-0.15, -0.1) is 11.3 Å². The molecule has 11 rings (SSSR count). The van der Waals surface area contributed by atoms with Crippen molar-refractivity contribution in [2.24, 2.45) is 0 Å². The number of thiophene rings is 1. The molecule has 0 radical (unpaired) electrons. The Hall–Kier alpha value is -6.43. The zero-order chi connectivity index (χ0) is 34.2. The first-order chi connectivity index (χ1) is 25.7. The molecule has 3 aromatic heterocycles. The lowest BCUT2D eigenvalue weighted by molar-refractivity contribution is 0.669. The van der Waals surface area contributed by atoms with E-state index >= 15 is 0 Å². The summed E-state index contributed by atoms with van der Waals surface area (Å²) in [5.41, 5.74) is 7.36. The Labute approximate surface area is 303 Å². The molecule has 0 N–H and O–H groups in total. The predicted octanol–water partition coefficient (Wildman–Crippen LogP) is 12.7. The number of para-hydroxylation sites is 1. The molecule has 0 amide bonds. The minimum atomic E-state index is -0.0844. The summed E-state index contributed by atoms with van der Waals surface area (Å²) >= 11 is 1.85. The molecule has 0 fully saturated rings. The van der Waals surface area contributed by atoms with Gasteiger partial charge in [-0.05, 0) is 86.5 Å². The van der Waals surface area contributed by atoms with Crippen LogP contribution in [0.1, 0.15) is 34.2 Å². The molecule has 7 aromatic carbocycles. The quantitative estimate of drug-likeness (QED) is 0.185. The highest BCUT2D eigenvalue weighted by molar-refractivity contribution is 7.20. The van der Waals surface area contributed by atoms with E-state index in [0.29, 0.717) is 11.6 Å². The normalized spacial score (nSPS) is 14.4. The SMILES string of the molecule is C1=C(c2ccc3ccccc3c2)CC(c2nc(-c3ccc4ccccc4c3)nc(-c3cccc4oc5ccccc5c34)n2)c2c1sc1ccccc21. The highest BCUT2D eigenvalue weighted by Crippen LogP contribution is 2.48. The molecule has 52 heavy (non-hydrogen) atoms. The third-order valence-corrected chi connectivity index (χ3v) is 11.6. The number of aromatic nitrogens is 3. The largest absolute Gasteiger partial charge is 0.456 e. The predicted molar refractivity (Wildman–Crippen MR) is 216 cm³/mol. The molecule has 0 spiro atoms. The molecule has 244 valence electrons. The Morgan fingerprint density at radius 2 is 1.19 bits per heavy atom. The van der Waals surface area contributed by atoms with E-state index in [2.05, 4.69) is 133 Å². The molecule has 3 heterocycles. The summed E-state index contributed by atoms with van der Waals surface area (Å²) in [5, 5.41) is 8.14. The lowest BCUT2D eigenvalue weighted by atomic mass is 9.82. The highest BCUT2D eigenvalue weighted by atomic mass is 32.1. The van der Waals surface area contributed by atoms with Gasteiger partial charge in [0.05, 0.1) is 5.92 Å². The summed E-state index contributed by atoms with van der Waals surface area (Å²) in [4.78, 5) is 17.3. The van der Waals surface area contributed by atoms with Crippen molar-refractivity contribution >= 4 is 76.6 Å². The fourth-order valence-corrected chi connectivity index (χ4v) is 9.22. The Kier molecular flexibility index (Phi) is 6.51. The van der Waals surface area contributed by atoms with Crippen LogP contribution in [0.2, 0.25) is 0 Å². The number of hydrogen-bond acceptors (Lipinski definition) is 5. The molecule has 1 atom stereocenters. The summed E-state index contributed by atoms with van der Waals surface area (Å²) in [5.74, 6) is 2.00. The van der Waals surface area contributed by atoms with E-state index in [1.54, 1.807) is 0 Å². The van der Waals surface area contributed by atoms with Crippen molar-refractivity contribution in [2.45, 2.75) is 12.3 Å². The van der Waals surface area contributed by atoms with Crippen molar-refractivity contribution in [3.05, 3.63) is 173 Å². The fourth-order valence-electron chi connectivity index (χ4n) is 7.99. The standard InChI is InChI=1S/C47H29N3OS/c1-3-12-30-24-32(22-20-28(30)10-1)34-26-38(44-36-15-6-8-19-41(36)52-42(44)27-34)47-49-45(33-23-21-29-11-2-4-13-31(29)25-33)48-46(50-47)37-16-9-18-40-43(37)35-14-5-7-17-39(35)51-40/h1-25,27,38H,26H2. The number of nitrogens with zero attached hydrogens (tertiary/aromatic N) is 3. The van der Waals surface area contributed by atoms with Gasteiger partial charge >= 0.3 is 0 Å². The van der Waals surface area contributed by atoms with Crippen LogP contribution in [-0.2, 0) is 0 Å². The molecule has 0 aliphatic heterocycles. The first kappa shape index (κ1) is 29.3. The summed E-state index contributed by atoms with van der Waals surface area (Å²) in [6, 6.07) is 53.4. The molecule has 5 heteroatoms. The van der Waals surface area contributed by atoms with Gasteiger partial charge in [-0.2, -0.15) is 0 Å². The molecule has 0 saturated heterocycles. The fraction of sp³-hybridized carbons (Fsp3) is 0.0426. The van der Waals surface area contributed by atoms with Crippen molar-refractivity contribution in [3.63, 3.8) is 0 Å². The number of rotatable bonds is 4. The lowest BCUT2D eigenvalue weighted by Gasteiger charge is -2.24. The van der Waals surface area contributed by atoms with Gasteiger partial charge < -0.3 is 4.42 Å². The summed E-state index contributed by atoms with van der Waals surface area (Å²) < 4.78 is 7.60. The number of allylic oxidation sites excluding steroid dienone is 1. The average molecular weight is 684 g/mol. The van der Waals surface area contributed by atoms with Crippen LogP contribution >= 0.6 is 11.3 Å². The molecular formula is C47H29N3OS. The first-order valence-electron chi connectivity index (χ1n) is 17.6. The first-order valence-corrected chi connectivity index (χ1v) is 18.4. The Morgan fingerprint density at radius 3 is 2.02 bits per heavy atom. The van der Waals surface area contributed by atoms with Gasteiger partial charge in [0.2, 0.25) is 0 Å². The summed E-state index contributed by atoms with van der Waals surface area (Å²) in [7, 11) is 0. The molecule has 0 bridgehead atoms. The van der Waals surface area contributed by atoms with E-state index < -0.39 is 0 Å². The van der Waals surface area contributed by atoms with E-state index in [1.807, 2.05) is 35.6 Å². The van der Waals surface area contributed by atoms with Gasteiger partial charge in [-0.3, -0.25) is 0 Å². The van der Waals surface area contributed by atoms with E-state index in [0.717, 1.165) is 50.7 Å². The second-order valence-corrected chi connectivity index (χ2v) is 14.6. The Balaban J connectivity index is 1.16. The molecule has 1 aliphatic rings. The van der Waals surface area contributed by atoms with Crippen LogP contribution < -0.4 is 0 Å². The van der Waals surface area contributed by atoms with Crippen LogP contribution in [0.25, 0.3) is 88.0 Å². The van der Waals surface area contributed by atoms with E-state index in [9.17, 15) is 0 Å². The number of fused-ring (bicyclic) bond motifs is 8. The smallest absolute Gasteiger partial charge is 0.164 e. The number of benzene rings is 7. The maximum atomic E-state index is 6.32. The molecular weight excluding hydrogens is 655 g/mol. The van der Waals surface area contributed by atoms with Crippen LogP contribution in [-0.4, -0.2) is 15.0 Å². The molecule has 0 saturated carbocycles. The van der Waals surface area contributed by atoms with Crippen LogP contribution in [0.3, 0.4) is 0 Å². The second kappa shape index (κ2) is 11.6. The topological polar surface area (TPSA) is 51.8 Å². The van der Waals surface area contributed by atoms with Gasteiger partial charge in [-0.25, -0.2) is 15.0 Å². The molecule has 10 aromatic rings. The Morgan fingerprint density at radius 1 is 0.538 bits per heavy atom. The van der Waals surface area contributed by atoms with Crippen LogP contribution in [0.5, 0.6) is 0 Å². The minimum Gasteiger partial charge on any atom is -0.456 e. The van der Waals surface area contributed by atoms with Crippen molar-refractivity contribution in [1.29, 1.82) is 0 Å². The van der Waals surface area contributed by atoms with Gasteiger partial charge in [0.1, 0.15) is 17.0 Å². The van der Waals surface area contributed by atoms with E-state index in [-0.39, 0.29) is 5.92 Å². The molecule has 1 unspecified atom stereocenters. The minimum absolute atomic E-state index is 0.0844. The zero-order valence-electron chi connectivity index (χ0n) is 28.0. The van der Waals surface area contributed by atoms with Crippen molar-refractivity contribution in [1.82, 2.24) is 15.0 Å². The maximum Gasteiger partial charge on any atom is 0.164 e. The van der Waals surface area contributed by atoms with Crippen molar-refractivity contribution in [2.75, 3.05) is 0 Å². The zero-order valence-corrected chi connectivity index (χ0v) is 28.8. The number of hydrogen-bond donors (Lipinski definition) is 0. The second-order valence-electron chi connectivity index (χ2n) is 13.5. The number of furan rings is 1. The summed E-state index contributed by atoms with van der Waals surface area (Å²) in [6.07, 6.45) is 3.16. The lowest BCUT2D eigenvalue weighted by Crippen LogP contribution is -2.13. The van der Waals surface area contributed by atoms with Gasteiger partial charge in [0.25, 0.3) is 0 Å². The average Bonchev–Trinajstić information content (AvgIpc) is 3.78. The van der Waals surface area contributed by atoms with E-state index in [1.165, 1.54) is 47.8 Å². The third kappa shape index (κ3) is 4.70. The monoisotopic (exact) mass is 683 g/mol. The van der Waals surface area contributed by atoms with Crippen molar-refractivity contribution < 1.29 is 4.42 Å². The van der Waals surface area contributed by atoms with E-state index in [4.69, 9.17) is 19.4 Å².